The number of carbonyl (C=O) groups excluding carboxylic acids is 4. The number of rotatable bonds is 15. The van der Waals surface area contributed by atoms with E-state index in [4.69, 9.17) is 21.0 Å². The fourth-order valence-corrected chi connectivity index (χ4v) is 5.59. The van der Waals surface area contributed by atoms with Crippen LogP contribution in [0.5, 0.6) is 5.75 Å². The maximum atomic E-state index is 13.6. The second kappa shape index (κ2) is 19.6. The number of Topliss-reactive ketones (excluding diaryl/α,β-unsaturated/α-hetero) is 1. The van der Waals surface area contributed by atoms with Crippen molar-refractivity contribution in [1.29, 1.82) is 0 Å². The normalized spacial score (nSPS) is 12.4. The van der Waals surface area contributed by atoms with Crippen LogP contribution in [0.2, 0.25) is 0 Å². The summed E-state index contributed by atoms with van der Waals surface area (Å²) < 4.78 is 4.79. The van der Waals surface area contributed by atoms with Gasteiger partial charge in [-0.25, -0.2) is 14.8 Å². The molecule has 5 rings (SSSR count). The molecule has 0 bridgehead atoms. The number of nitrogens with zero attached hydrogens (tertiary/aromatic N) is 2. The van der Waals surface area contributed by atoms with Gasteiger partial charge in [0.2, 0.25) is 23.3 Å². The molecule has 2 aromatic heterocycles. The van der Waals surface area contributed by atoms with Crippen molar-refractivity contribution in [3.8, 4) is 5.75 Å². The Morgan fingerprint density at radius 3 is 2.35 bits per heavy atom. The number of nitrogens with two attached hydrogens (primary N) is 2. The monoisotopic (exact) mass is 724 g/mol. The van der Waals surface area contributed by atoms with Crippen LogP contribution in [0.1, 0.15) is 44.2 Å². The smallest absolute Gasteiger partial charge is 0.378 e. The van der Waals surface area contributed by atoms with Gasteiger partial charge < -0.3 is 31.6 Å². The lowest BCUT2D eigenvalue weighted by Gasteiger charge is -2.24. The Morgan fingerprint density at radius 1 is 0.904 bits per heavy atom. The van der Waals surface area contributed by atoms with E-state index in [9.17, 15) is 24.0 Å². The number of aldehydes is 1. The number of thioether (sulfide) groups is 1. The first-order valence-electron chi connectivity index (χ1n) is 16.3. The topological polar surface area (TPSA) is 221 Å². The lowest BCUT2D eigenvalue weighted by Crippen LogP contribution is -2.55. The van der Waals surface area contributed by atoms with Crippen LogP contribution in [0, 0.1) is 0 Å². The predicted molar refractivity (Wildman–Crippen MR) is 199 cm³/mol. The van der Waals surface area contributed by atoms with Crippen LogP contribution >= 0.6 is 11.8 Å². The third-order valence-corrected chi connectivity index (χ3v) is 8.45. The van der Waals surface area contributed by atoms with Gasteiger partial charge in [0.15, 0.2) is 0 Å². The van der Waals surface area contributed by atoms with E-state index in [2.05, 4.69) is 20.6 Å². The molecule has 3 aromatic carbocycles. The first kappa shape index (κ1) is 39.1. The number of hydrogen-bond donors (Lipinski definition) is 5. The Balaban J connectivity index is 0.000000421. The highest BCUT2D eigenvalue weighted by molar-refractivity contribution is 7.98. The summed E-state index contributed by atoms with van der Waals surface area (Å²) in [4.78, 5) is 70.2. The van der Waals surface area contributed by atoms with Gasteiger partial charge in [0.25, 0.3) is 0 Å². The molecule has 3 atom stereocenters. The average molecular weight is 725 g/mol. The molecule has 0 saturated heterocycles. The average Bonchev–Trinajstić information content (AvgIpc) is 3.17. The van der Waals surface area contributed by atoms with E-state index < -0.39 is 35.6 Å². The van der Waals surface area contributed by atoms with E-state index in [-0.39, 0.29) is 36.6 Å². The standard InChI is InChI=1S/C29H34N6O4S.C9H6O3/c1-40-13-11-24(27(37)23-10-12-32-26(17-30)33-23)34-29(39)25(16-19-6-3-2-4-7-19)35-28(38)22(31)15-20-8-5-9-21(14-20)18-36;10-7-5-6-3-1-2-4-8(6)12-9(7)11/h2-10,12,14,18,22,24-25H,11,13,15-17,30-31H2,1H3,(H,34,39)(H,35,38);1-5,10H. The summed E-state index contributed by atoms with van der Waals surface area (Å²) in [5.74, 6) is -0.818. The summed E-state index contributed by atoms with van der Waals surface area (Å²) in [6.07, 6.45) is 4.83. The number of para-hydroxylation sites is 1. The Kier molecular flexibility index (Phi) is 14.8. The first-order valence-corrected chi connectivity index (χ1v) is 17.7. The molecule has 0 fully saturated rings. The lowest BCUT2D eigenvalue weighted by atomic mass is 10.0. The highest BCUT2D eigenvalue weighted by Crippen LogP contribution is 2.15. The molecule has 52 heavy (non-hydrogen) atoms. The number of aromatic hydroxyl groups is 1. The molecule has 0 aliphatic heterocycles. The molecule has 0 saturated carbocycles. The largest absolute Gasteiger partial charge is 0.502 e. The van der Waals surface area contributed by atoms with Gasteiger partial charge in [0.1, 0.15) is 29.4 Å². The zero-order valence-electron chi connectivity index (χ0n) is 28.4. The van der Waals surface area contributed by atoms with Crippen molar-refractivity contribution in [2.45, 2.75) is 43.9 Å². The molecule has 2 amide bonds. The Hall–Kier alpha value is -5.70. The molecule has 14 heteroatoms. The van der Waals surface area contributed by atoms with Crippen LogP contribution in [0.25, 0.3) is 11.0 Å². The Bertz CT molecular complexity index is 2040. The van der Waals surface area contributed by atoms with E-state index in [1.54, 1.807) is 54.2 Å². The molecule has 0 radical (unpaired) electrons. The summed E-state index contributed by atoms with van der Waals surface area (Å²) in [6.45, 7) is 0.0772. The third kappa shape index (κ3) is 11.4. The van der Waals surface area contributed by atoms with E-state index in [1.165, 1.54) is 18.3 Å². The number of benzene rings is 3. The summed E-state index contributed by atoms with van der Waals surface area (Å²) in [6, 6.07) is 23.1. The molecule has 2 heterocycles. The van der Waals surface area contributed by atoms with Crippen LogP contribution in [-0.2, 0) is 29.0 Å². The van der Waals surface area contributed by atoms with Crippen LogP contribution in [0.4, 0.5) is 0 Å². The summed E-state index contributed by atoms with van der Waals surface area (Å²) in [5, 5.41) is 15.3. The van der Waals surface area contributed by atoms with E-state index in [0.717, 1.165) is 22.8 Å². The zero-order chi connectivity index (χ0) is 37.5. The predicted octanol–water partition coefficient (Wildman–Crippen LogP) is 2.96. The Labute approximate surface area is 304 Å². The van der Waals surface area contributed by atoms with Crippen LogP contribution in [0.15, 0.2) is 106 Å². The number of fused-ring (bicyclic) bond motifs is 1. The molecule has 0 aliphatic rings. The van der Waals surface area contributed by atoms with Gasteiger partial charge in [-0.05, 0) is 60.2 Å². The van der Waals surface area contributed by atoms with E-state index in [1.807, 2.05) is 42.7 Å². The number of amides is 2. The molecule has 5 aromatic rings. The van der Waals surface area contributed by atoms with Crippen molar-refractivity contribution < 1.29 is 28.7 Å². The number of carbonyl (C=O) groups is 4. The minimum Gasteiger partial charge on any atom is -0.502 e. The molecule has 7 N–H and O–H groups in total. The fraction of sp³-hybridized carbons (Fsp3) is 0.237. The minimum atomic E-state index is -0.989. The highest BCUT2D eigenvalue weighted by atomic mass is 32.2. The van der Waals surface area contributed by atoms with Gasteiger partial charge in [0, 0.05) is 23.6 Å². The lowest BCUT2D eigenvalue weighted by molar-refractivity contribution is -0.129. The van der Waals surface area contributed by atoms with Crippen LogP contribution in [0.3, 0.4) is 0 Å². The number of nitrogens with one attached hydrogen (secondary N) is 2. The molecule has 270 valence electrons. The SMILES string of the molecule is CSCCC(NC(=O)C(Cc1ccccc1)NC(=O)C(N)Cc1cccc(C=O)c1)C(=O)c1ccnc(CN)n1.O=c1oc2ccccc2cc1O. The fourth-order valence-electron chi connectivity index (χ4n) is 5.12. The van der Waals surface area contributed by atoms with Gasteiger partial charge >= 0.3 is 5.63 Å². The van der Waals surface area contributed by atoms with Crippen molar-refractivity contribution in [1.82, 2.24) is 20.6 Å². The molecule has 13 nitrogen and oxygen atoms in total. The molecular weight excluding hydrogens is 685 g/mol. The molecular formula is C38H40N6O7S. The minimum absolute atomic E-state index is 0.0772. The summed E-state index contributed by atoms with van der Waals surface area (Å²) in [7, 11) is 0. The molecule has 3 unspecified atom stereocenters. The van der Waals surface area contributed by atoms with Gasteiger partial charge in [-0.15, -0.1) is 0 Å². The van der Waals surface area contributed by atoms with Crippen molar-refractivity contribution in [2.75, 3.05) is 12.0 Å². The van der Waals surface area contributed by atoms with Gasteiger partial charge in [-0.1, -0.05) is 66.7 Å². The summed E-state index contributed by atoms with van der Waals surface area (Å²) >= 11 is 1.54. The van der Waals surface area contributed by atoms with E-state index >= 15 is 0 Å². The van der Waals surface area contributed by atoms with Gasteiger partial charge in [-0.2, -0.15) is 11.8 Å². The van der Waals surface area contributed by atoms with Gasteiger partial charge in [-0.3, -0.25) is 19.2 Å². The second-order valence-electron chi connectivity index (χ2n) is 11.7. The highest BCUT2D eigenvalue weighted by Gasteiger charge is 2.29. The van der Waals surface area contributed by atoms with Gasteiger partial charge in [0.05, 0.1) is 18.6 Å². The van der Waals surface area contributed by atoms with Crippen molar-refractivity contribution >= 4 is 46.6 Å². The van der Waals surface area contributed by atoms with Crippen molar-refractivity contribution in [3.05, 3.63) is 136 Å². The Morgan fingerprint density at radius 2 is 1.62 bits per heavy atom. The molecule has 0 aliphatic carbocycles. The van der Waals surface area contributed by atoms with Crippen LogP contribution < -0.4 is 27.7 Å². The maximum absolute atomic E-state index is 13.6. The van der Waals surface area contributed by atoms with E-state index in [0.29, 0.717) is 29.1 Å². The third-order valence-electron chi connectivity index (χ3n) is 7.80. The zero-order valence-corrected chi connectivity index (χ0v) is 29.3. The quantitative estimate of drug-likeness (QED) is 0.0598. The maximum Gasteiger partial charge on any atom is 0.378 e. The number of hydrogen-bond acceptors (Lipinski definition) is 12. The molecule has 0 spiro atoms. The van der Waals surface area contributed by atoms with Crippen molar-refractivity contribution in [3.63, 3.8) is 0 Å². The number of ketones is 1. The van der Waals surface area contributed by atoms with Crippen molar-refractivity contribution in [2.24, 2.45) is 11.5 Å². The number of aromatic nitrogens is 2. The van der Waals surface area contributed by atoms with Crippen LogP contribution in [-0.4, -0.2) is 69.1 Å². The second-order valence-corrected chi connectivity index (χ2v) is 12.6. The first-order chi connectivity index (χ1) is 25.1. The summed E-state index contributed by atoms with van der Waals surface area (Å²) in [5.41, 5.74) is 13.8.